The first-order valence-corrected chi connectivity index (χ1v) is 9.63. The van der Waals surface area contributed by atoms with E-state index in [-0.39, 0.29) is 0 Å². The van der Waals surface area contributed by atoms with Crippen LogP contribution in [0.4, 0.5) is 0 Å². The lowest BCUT2D eigenvalue weighted by Gasteiger charge is -2.29. The van der Waals surface area contributed by atoms with E-state index in [1.165, 1.54) is 88.2 Å². The van der Waals surface area contributed by atoms with Crippen molar-refractivity contribution in [2.75, 3.05) is 27.2 Å². The van der Waals surface area contributed by atoms with Crippen LogP contribution in [0, 0.1) is 0 Å². The Morgan fingerprint density at radius 3 is 1.57 bits per heavy atom. The van der Waals surface area contributed by atoms with Crippen molar-refractivity contribution in [1.29, 1.82) is 0 Å². The lowest BCUT2D eigenvalue weighted by molar-refractivity contribution is -0.890. The van der Waals surface area contributed by atoms with E-state index in [2.05, 4.69) is 40.3 Å². The molecule has 0 unspecified atom stereocenters. The van der Waals surface area contributed by atoms with E-state index in [1.54, 1.807) is 0 Å². The number of hydrogen-bond acceptors (Lipinski definition) is 1. The van der Waals surface area contributed by atoms with Crippen molar-refractivity contribution in [3.8, 4) is 0 Å². The Kier molecular flexibility index (Phi) is 18.6. The first-order valence-electron chi connectivity index (χ1n) is 9.63. The zero-order valence-electron chi connectivity index (χ0n) is 16.4. The normalized spacial score (nSPS) is 10.8. The largest absolute Gasteiger partial charge is 0.366 e. The molecule has 0 spiro atoms. The minimum absolute atomic E-state index is 0.481. The maximum Gasteiger partial charge on any atom is 0.240 e. The summed E-state index contributed by atoms with van der Waals surface area (Å²) in [5, 5.41) is 0. The van der Waals surface area contributed by atoms with Gasteiger partial charge >= 0.3 is 0 Å². The van der Waals surface area contributed by atoms with Crippen molar-refractivity contribution in [3.05, 3.63) is 12.7 Å². The van der Waals surface area contributed by atoms with E-state index < -0.39 is 5.91 Å². The molecule has 0 saturated carbocycles. The Bertz CT molecular complexity index is 275. The number of quaternary nitrogens is 1. The Hall–Kier alpha value is -0.830. The predicted molar refractivity (Wildman–Crippen MR) is 103 cm³/mol. The number of rotatable bonds is 14. The standard InChI is InChI=1S/C17H38N.C3H5NO/c1-5-7-8-9-10-11-12-13-14-15-17-18(3,4)16-6-2;1-2-3(4)5/h5-17H2,1-4H3;2H,1H2,(H2,4,5)/q+1;. The van der Waals surface area contributed by atoms with Gasteiger partial charge < -0.3 is 10.2 Å². The summed E-state index contributed by atoms with van der Waals surface area (Å²) in [7, 11) is 4.74. The summed E-state index contributed by atoms with van der Waals surface area (Å²) in [5.41, 5.74) is 4.53. The van der Waals surface area contributed by atoms with Crippen LogP contribution in [0.2, 0.25) is 0 Å². The average Bonchev–Trinajstić information content (AvgIpc) is 2.49. The molecule has 0 aromatic rings. The third kappa shape index (κ3) is 23.6. The first-order chi connectivity index (χ1) is 10.9. The average molecular weight is 328 g/mol. The molecule has 0 rings (SSSR count). The lowest BCUT2D eigenvalue weighted by Crippen LogP contribution is -2.40. The molecule has 0 aromatic carbocycles. The molecule has 0 bridgehead atoms. The van der Waals surface area contributed by atoms with Crippen LogP contribution in [0.3, 0.4) is 0 Å². The van der Waals surface area contributed by atoms with Gasteiger partial charge in [-0.2, -0.15) is 0 Å². The van der Waals surface area contributed by atoms with Crippen molar-refractivity contribution in [2.24, 2.45) is 5.73 Å². The maximum atomic E-state index is 9.47. The van der Waals surface area contributed by atoms with E-state index >= 15 is 0 Å². The molecule has 3 heteroatoms. The highest BCUT2D eigenvalue weighted by molar-refractivity contribution is 5.84. The molecule has 138 valence electrons. The minimum atomic E-state index is -0.481. The third-order valence-electron chi connectivity index (χ3n) is 4.15. The summed E-state index contributed by atoms with van der Waals surface area (Å²) in [6.45, 7) is 10.4. The number of carbonyl (C=O) groups excluding carboxylic acids is 1. The minimum Gasteiger partial charge on any atom is -0.366 e. The van der Waals surface area contributed by atoms with Crippen molar-refractivity contribution in [1.82, 2.24) is 0 Å². The summed E-state index contributed by atoms with van der Waals surface area (Å²) in [4.78, 5) is 9.47. The van der Waals surface area contributed by atoms with Crippen LogP contribution in [0.15, 0.2) is 12.7 Å². The molecule has 0 aliphatic rings. The second-order valence-electron chi connectivity index (χ2n) is 7.17. The fourth-order valence-electron chi connectivity index (χ4n) is 2.74. The second-order valence-corrected chi connectivity index (χ2v) is 7.17. The molecule has 23 heavy (non-hydrogen) atoms. The number of primary amides is 1. The SMILES string of the molecule is C=CC(N)=O.CCCCCCCCCCCC[N+](C)(C)CCC. The van der Waals surface area contributed by atoms with Crippen LogP contribution >= 0.6 is 0 Å². The molecule has 0 aliphatic heterocycles. The number of carbonyl (C=O) groups is 1. The molecular weight excluding hydrogens is 284 g/mol. The molecule has 2 N–H and O–H groups in total. The van der Waals surface area contributed by atoms with Crippen LogP contribution in [0.25, 0.3) is 0 Å². The fraction of sp³-hybridized carbons (Fsp3) is 0.850. The number of unbranched alkanes of at least 4 members (excludes halogenated alkanes) is 9. The van der Waals surface area contributed by atoms with Crippen molar-refractivity contribution in [3.63, 3.8) is 0 Å². The third-order valence-corrected chi connectivity index (χ3v) is 4.15. The zero-order chi connectivity index (χ0) is 18.0. The van der Waals surface area contributed by atoms with Gasteiger partial charge in [-0.05, 0) is 25.3 Å². The van der Waals surface area contributed by atoms with Gasteiger partial charge in [0.25, 0.3) is 0 Å². The molecular formula is C20H43N2O+. The predicted octanol–water partition coefficient (Wildman–Crippen LogP) is 5.05. The molecule has 1 amide bonds. The first kappa shape index (κ1) is 24.4. The van der Waals surface area contributed by atoms with Crippen LogP contribution in [-0.2, 0) is 4.79 Å². The van der Waals surface area contributed by atoms with E-state index in [0.717, 1.165) is 6.08 Å². The Morgan fingerprint density at radius 2 is 1.22 bits per heavy atom. The quantitative estimate of drug-likeness (QED) is 0.271. The van der Waals surface area contributed by atoms with Crippen LogP contribution in [-0.4, -0.2) is 37.6 Å². The second kappa shape index (κ2) is 17.5. The van der Waals surface area contributed by atoms with Crippen molar-refractivity contribution in [2.45, 2.75) is 84.5 Å². The van der Waals surface area contributed by atoms with E-state index in [0.29, 0.717) is 0 Å². The van der Waals surface area contributed by atoms with Crippen LogP contribution in [0.5, 0.6) is 0 Å². The monoisotopic (exact) mass is 327 g/mol. The molecule has 0 heterocycles. The van der Waals surface area contributed by atoms with E-state index in [9.17, 15) is 4.79 Å². The van der Waals surface area contributed by atoms with E-state index in [1.807, 2.05) is 0 Å². The summed E-state index contributed by atoms with van der Waals surface area (Å²) in [5.74, 6) is -0.481. The van der Waals surface area contributed by atoms with Crippen LogP contribution in [0.1, 0.15) is 84.5 Å². The molecule has 0 radical (unpaired) electrons. The molecule has 0 aromatic heterocycles. The van der Waals surface area contributed by atoms with E-state index in [4.69, 9.17) is 0 Å². The van der Waals surface area contributed by atoms with Gasteiger partial charge in [-0.3, -0.25) is 4.79 Å². The summed E-state index contributed by atoms with van der Waals surface area (Å²) in [6, 6.07) is 0. The van der Waals surface area contributed by atoms with Crippen molar-refractivity contribution < 1.29 is 9.28 Å². The number of nitrogens with two attached hydrogens (primary N) is 1. The molecule has 0 saturated heterocycles. The highest BCUT2D eigenvalue weighted by Gasteiger charge is 2.11. The molecule has 0 aliphatic carbocycles. The topological polar surface area (TPSA) is 43.1 Å². The summed E-state index contributed by atoms with van der Waals surface area (Å²) < 4.78 is 1.22. The van der Waals surface area contributed by atoms with Gasteiger partial charge in [0.1, 0.15) is 0 Å². The van der Waals surface area contributed by atoms with Gasteiger partial charge in [-0.15, -0.1) is 0 Å². The van der Waals surface area contributed by atoms with Crippen molar-refractivity contribution >= 4 is 5.91 Å². The smallest absolute Gasteiger partial charge is 0.240 e. The Labute approximate surface area is 145 Å². The number of nitrogens with zero attached hydrogens (tertiary/aromatic N) is 1. The summed E-state index contributed by atoms with van der Waals surface area (Å²) in [6.07, 6.45) is 16.8. The van der Waals surface area contributed by atoms with Gasteiger partial charge in [0.15, 0.2) is 0 Å². The Balaban J connectivity index is 0. The maximum absolute atomic E-state index is 9.47. The zero-order valence-corrected chi connectivity index (χ0v) is 16.4. The van der Waals surface area contributed by atoms with Gasteiger partial charge in [0.2, 0.25) is 5.91 Å². The van der Waals surface area contributed by atoms with Gasteiger partial charge in [0, 0.05) is 0 Å². The molecule has 3 nitrogen and oxygen atoms in total. The van der Waals surface area contributed by atoms with Gasteiger partial charge in [-0.1, -0.05) is 71.8 Å². The van der Waals surface area contributed by atoms with Gasteiger partial charge in [0.05, 0.1) is 27.2 Å². The molecule has 0 fully saturated rings. The summed E-state index contributed by atoms with van der Waals surface area (Å²) >= 11 is 0. The van der Waals surface area contributed by atoms with Gasteiger partial charge in [-0.25, -0.2) is 0 Å². The van der Waals surface area contributed by atoms with Crippen LogP contribution < -0.4 is 5.73 Å². The highest BCUT2D eigenvalue weighted by Crippen LogP contribution is 2.11. The highest BCUT2D eigenvalue weighted by atomic mass is 16.1. The fourth-order valence-corrected chi connectivity index (χ4v) is 2.74. The molecule has 0 atom stereocenters. The lowest BCUT2D eigenvalue weighted by atomic mass is 10.1. The number of amides is 1. The number of hydrogen-bond donors (Lipinski definition) is 1. The Morgan fingerprint density at radius 1 is 0.826 bits per heavy atom.